The Balaban J connectivity index is 1.54. The number of hydrogen-bond acceptors (Lipinski definition) is 4. The Morgan fingerprint density at radius 1 is 1.24 bits per heavy atom. The van der Waals surface area contributed by atoms with Gasteiger partial charge in [-0.1, -0.05) is 0 Å². The lowest BCUT2D eigenvalue weighted by atomic mass is 10.3. The number of rotatable bonds is 4. The van der Waals surface area contributed by atoms with Crippen LogP contribution in [0.1, 0.15) is 34.3 Å². The summed E-state index contributed by atoms with van der Waals surface area (Å²) < 4.78 is 0. The van der Waals surface area contributed by atoms with Gasteiger partial charge in [-0.15, -0.1) is 11.3 Å². The maximum Gasteiger partial charge on any atom is 0.264 e. The molecule has 0 atom stereocenters. The van der Waals surface area contributed by atoms with E-state index in [0.717, 1.165) is 42.0 Å². The highest BCUT2D eigenvalue weighted by atomic mass is 32.1. The van der Waals surface area contributed by atoms with Crippen LogP contribution in [0.4, 0.5) is 0 Å². The first-order chi connectivity index (χ1) is 10.1. The quantitative estimate of drug-likeness (QED) is 0.912. The molecule has 0 unspecified atom stereocenters. The first-order valence-corrected chi connectivity index (χ1v) is 8.31. The normalized spacial score (nSPS) is 19.6. The molecule has 1 aliphatic carbocycles. The molecule has 1 saturated carbocycles. The average molecular weight is 307 g/mol. The van der Waals surface area contributed by atoms with Crippen molar-refractivity contribution in [2.45, 2.75) is 32.4 Å². The first kappa shape index (κ1) is 14.5. The van der Waals surface area contributed by atoms with Gasteiger partial charge in [-0.3, -0.25) is 14.5 Å². The minimum absolute atomic E-state index is 0.0486. The third-order valence-electron chi connectivity index (χ3n) is 4.05. The van der Waals surface area contributed by atoms with E-state index >= 15 is 0 Å². The van der Waals surface area contributed by atoms with Crippen molar-refractivity contribution in [1.29, 1.82) is 0 Å². The van der Waals surface area contributed by atoms with Crippen LogP contribution in [0, 0.1) is 0 Å². The fraction of sp³-hybridized carbons (Fsp3) is 0.600. The molecule has 3 rings (SSSR count). The Labute approximate surface area is 128 Å². The number of hydrogen-bond donors (Lipinski definition) is 1. The van der Waals surface area contributed by atoms with Crippen molar-refractivity contribution >= 4 is 23.2 Å². The Hall–Kier alpha value is -1.40. The molecule has 114 valence electrons. The minimum atomic E-state index is -0.0486. The maximum absolute atomic E-state index is 12.5. The highest BCUT2D eigenvalue weighted by Gasteiger charge is 2.32. The molecule has 0 aromatic carbocycles. The van der Waals surface area contributed by atoms with Crippen molar-refractivity contribution in [3.05, 3.63) is 21.9 Å². The van der Waals surface area contributed by atoms with Crippen LogP contribution in [0.5, 0.6) is 0 Å². The van der Waals surface area contributed by atoms with Gasteiger partial charge >= 0.3 is 0 Å². The molecule has 21 heavy (non-hydrogen) atoms. The van der Waals surface area contributed by atoms with Crippen LogP contribution in [0.2, 0.25) is 0 Å². The van der Waals surface area contributed by atoms with Gasteiger partial charge in [-0.25, -0.2) is 0 Å². The largest absolute Gasteiger partial charge is 0.351 e. The van der Waals surface area contributed by atoms with Gasteiger partial charge in [0.25, 0.3) is 5.91 Å². The summed E-state index contributed by atoms with van der Waals surface area (Å²) in [6.07, 6.45) is 2.65. The van der Waals surface area contributed by atoms with E-state index in [2.05, 4.69) is 10.2 Å². The van der Waals surface area contributed by atoms with Crippen LogP contribution in [0.25, 0.3) is 0 Å². The number of thiophene rings is 1. The third kappa shape index (κ3) is 3.63. The van der Waals surface area contributed by atoms with Crippen molar-refractivity contribution in [2.75, 3.05) is 26.2 Å². The summed E-state index contributed by atoms with van der Waals surface area (Å²) in [5.74, 6) is 0.0806. The Kier molecular flexibility index (Phi) is 4.26. The van der Waals surface area contributed by atoms with Gasteiger partial charge in [0.2, 0.25) is 5.91 Å². The predicted molar refractivity (Wildman–Crippen MR) is 82.3 cm³/mol. The maximum atomic E-state index is 12.5. The van der Waals surface area contributed by atoms with Crippen LogP contribution < -0.4 is 5.32 Å². The van der Waals surface area contributed by atoms with Crippen molar-refractivity contribution in [2.24, 2.45) is 0 Å². The van der Waals surface area contributed by atoms with Crippen LogP contribution in [-0.4, -0.2) is 53.8 Å². The van der Waals surface area contributed by atoms with E-state index in [-0.39, 0.29) is 11.8 Å². The summed E-state index contributed by atoms with van der Waals surface area (Å²) in [7, 11) is 0. The standard InChI is InChI=1S/C15H21N3O2S/c1-11(19)16-10-13-4-5-14(21-13)15(20)18-8-6-17(7-9-18)12-2-3-12/h4-5,12H,2-3,6-10H2,1H3,(H,16,19). The van der Waals surface area contributed by atoms with E-state index in [9.17, 15) is 9.59 Å². The average Bonchev–Trinajstić information content (AvgIpc) is 3.23. The van der Waals surface area contributed by atoms with Crippen LogP contribution >= 0.6 is 11.3 Å². The summed E-state index contributed by atoms with van der Waals surface area (Å²) in [6.45, 7) is 5.66. The van der Waals surface area contributed by atoms with E-state index < -0.39 is 0 Å². The molecule has 2 aliphatic rings. The summed E-state index contributed by atoms with van der Waals surface area (Å²) >= 11 is 1.48. The molecular weight excluding hydrogens is 286 g/mol. The third-order valence-corrected chi connectivity index (χ3v) is 5.12. The Morgan fingerprint density at radius 3 is 2.57 bits per heavy atom. The highest BCUT2D eigenvalue weighted by Crippen LogP contribution is 2.28. The first-order valence-electron chi connectivity index (χ1n) is 7.50. The Bertz CT molecular complexity index is 531. The molecule has 0 spiro atoms. The molecule has 1 aromatic heterocycles. The summed E-state index contributed by atoms with van der Waals surface area (Å²) in [5.41, 5.74) is 0. The molecule has 1 N–H and O–H groups in total. The molecule has 6 heteroatoms. The predicted octanol–water partition coefficient (Wildman–Crippen LogP) is 1.30. The Morgan fingerprint density at radius 2 is 1.95 bits per heavy atom. The molecular formula is C15H21N3O2S. The van der Waals surface area contributed by atoms with Crippen LogP contribution in [0.3, 0.4) is 0 Å². The molecule has 5 nitrogen and oxygen atoms in total. The zero-order valence-electron chi connectivity index (χ0n) is 12.3. The van der Waals surface area contributed by atoms with Gasteiger partial charge in [0.15, 0.2) is 0 Å². The number of piperazine rings is 1. The van der Waals surface area contributed by atoms with Gasteiger partial charge in [-0.2, -0.15) is 0 Å². The lowest BCUT2D eigenvalue weighted by Gasteiger charge is -2.34. The van der Waals surface area contributed by atoms with Crippen molar-refractivity contribution < 1.29 is 9.59 Å². The fourth-order valence-electron chi connectivity index (χ4n) is 2.69. The van der Waals surface area contributed by atoms with E-state index in [1.807, 2.05) is 17.0 Å². The van der Waals surface area contributed by atoms with Gasteiger partial charge in [-0.05, 0) is 25.0 Å². The molecule has 0 bridgehead atoms. The van der Waals surface area contributed by atoms with E-state index in [1.165, 1.54) is 31.1 Å². The van der Waals surface area contributed by atoms with E-state index in [1.54, 1.807) is 0 Å². The van der Waals surface area contributed by atoms with E-state index in [0.29, 0.717) is 6.54 Å². The number of carbonyl (C=O) groups excluding carboxylic acids is 2. The fourth-order valence-corrected chi connectivity index (χ4v) is 3.60. The highest BCUT2D eigenvalue weighted by molar-refractivity contribution is 7.14. The van der Waals surface area contributed by atoms with Crippen molar-refractivity contribution in [3.63, 3.8) is 0 Å². The summed E-state index contributed by atoms with van der Waals surface area (Å²) in [5, 5.41) is 2.76. The lowest BCUT2D eigenvalue weighted by molar-refractivity contribution is -0.119. The summed E-state index contributed by atoms with van der Waals surface area (Å²) in [6, 6.07) is 4.58. The number of carbonyl (C=O) groups is 2. The lowest BCUT2D eigenvalue weighted by Crippen LogP contribution is -2.49. The second kappa shape index (κ2) is 6.15. The van der Waals surface area contributed by atoms with Crippen molar-refractivity contribution in [1.82, 2.24) is 15.1 Å². The number of amides is 2. The molecule has 0 radical (unpaired) electrons. The van der Waals surface area contributed by atoms with Crippen LogP contribution in [-0.2, 0) is 11.3 Å². The molecule has 1 saturated heterocycles. The smallest absolute Gasteiger partial charge is 0.264 e. The van der Waals surface area contributed by atoms with E-state index in [4.69, 9.17) is 0 Å². The molecule has 2 fully saturated rings. The number of nitrogens with one attached hydrogen (secondary N) is 1. The zero-order chi connectivity index (χ0) is 14.8. The van der Waals surface area contributed by atoms with Gasteiger partial charge in [0, 0.05) is 44.0 Å². The molecule has 1 aromatic rings. The number of nitrogens with zero attached hydrogens (tertiary/aromatic N) is 2. The monoisotopic (exact) mass is 307 g/mol. The van der Waals surface area contributed by atoms with Gasteiger partial charge in [0.05, 0.1) is 11.4 Å². The topological polar surface area (TPSA) is 52.7 Å². The second-order valence-corrected chi connectivity index (χ2v) is 6.90. The zero-order valence-corrected chi connectivity index (χ0v) is 13.1. The molecule has 1 aliphatic heterocycles. The van der Waals surface area contributed by atoms with Gasteiger partial charge in [0.1, 0.15) is 0 Å². The van der Waals surface area contributed by atoms with Gasteiger partial charge < -0.3 is 10.2 Å². The van der Waals surface area contributed by atoms with Crippen LogP contribution in [0.15, 0.2) is 12.1 Å². The summed E-state index contributed by atoms with van der Waals surface area (Å²) in [4.78, 5) is 29.6. The minimum Gasteiger partial charge on any atom is -0.351 e. The SMILES string of the molecule is CC(=O)NCc1ccc(C(=O)N2CCN(C3CC3)CC2)s1. The second-order valence-electron chi connectivity index (χ2n) is 5.74. The van der Waals surface area contributed by atoms with Crippen molar-refractivity contribution in [3.8, 4) is 0 Å². The molecule has 2 amide bonds. The molecule has 2 heterocycles.